The third-order valence-electron chi connectivity index (χ3n) is 3.59. The van der Waals surface area contributed by atoms with E-state index in [0.29, 0.717) is 24.4 Å². The fraction of sp³-hybridized carbons (Fsp3) is 0.300. The maximum Gasteiger partial charge on any atom is 0.319 e. The highest BCUT2D eigenvalue weighted by molar-refractivity contribution is 5.95. The Bertz CT molecular complexity index is 715. The summed E-state index contributed by atoms with van der Waals surface area (Å²) in [5, 5.41) is 5.47. The summed E-state index contributed by atoms with van der Waals surface area (Å²) in [6.45, 7) is 4.67. The van der Waals surface area contributed by atoms with E-state index in [1.54, 1.807) is 36.2 Å². The molecule has 0 spiro atoms. The molecule has 0 saturated heterocycles. The predicted octanol–water partition coefficient (Wildman–Crippen LogP) is 3.37. The van der Waals surface area contributed by atoms with Crippen molar-refractivity contribution >= 4 is 17.6 Å². The first-order chi connectivity index (χ1) is 12.5. The van der Waals surface area contributed by atoms with Crippen LogP contribution < -0.4 is 15.4 Å². The van der Waals surface area contributed by atoms with E-state index in [1.807, 2.05) is 44.2 Å². The summed E-state index contributed by atoms with van der Waals surface area (Å²) in [5.41, 5.74) is 1.19. The summed E-state index contributed by atoms with van der Waals surface area (Å²) in [6.07, 6.45) is 0. The summed E-state index contributed by atoms with van der Waals surface area (Å²) >= 11 is 0. The third-order valence-corrected chi connectivity index (χ3v) is 3.59. The lowest BCUT2D eigenvalue weighted by Crippen LogP contribution is -2.34. The van der Waals surface area contributed by atoms with Gasteiger partial charge in [-0.15, -0.1) is 0 Å². The number of urea groups is 1. The van der Waals surface area contributed by atoms with Crippen molar-refractivity contribution in [3.8, 4) is 5.75 Å². The molecule has 0 aliphatic carbocycles. The minimum absolute atomic E-state index is 0.0580. The molecule has 0 saturated carbocycles. The van der Waals surface area contributed by atoms with E-state index in [9.17, 15) is 9.59 Å². The van der Waals surface area contributed by atoms with Crippen molar-refractivity contribution in [3.05, 3.63) is 60.2 Å². The highest BCUT2D eigenvalue weighted by Gasteiger charge is 2.12. The molecule has 0 unspecified atom stereocenters. The highest BCUT2D eigenvalue weighted by Crippen LogP contribution is 2.12. The number of amides is 3. The van der Waals surface area contributed by atoms with Gasteiger partial charge in [-0.1, -0.05) is 18.2 Å². The van der Waals surface area contributed by atoms with Crippen molar-refractivity contribution in [1.82, 2.24) is 10.2 Å². The van der Waals surface area contributed by atoms with E-state index in [4.69, 9.17) is 4.74 Å². The zero-order valence-corrected chi connectivity index (χ0v) is 15.4. The molecule has 3 amide bonds. The Balaban J connectivity index is 1.83. The van der Waals surface area contributed by atoms with Crippen LogP contribution in [-0.4, -0.2) is 43.1 Å². The lowest BCUT2D eigenvalue weighted by atomic mass is 10.2. The number of para-hydroxylation sites is 1. The molecule has 26 heavy (non-hydrogen) atoms. The first-order valence-electron chi connectivity index (χ1n) is 8.56. The smallest absolute Gasteiger partial charge is 0.319 e. The molecule has 2 aromatic carbocycles. The summed E-state index contributed by atoms with van der Waals surface area (Å²) < 4.78 is 5.61. The molecule has 2 N–H and O–H groups in total. The lowest BCUT2D eigenvalue weighted by molar-refractivity contribution is 0.0774. The summed E-state index contributed by atoms with van der Waals surface area (Å²) in [5.74, 6) is 0.684. The molecule has 138 valence electrons. The van der Waals surface area contributed by atoms with E-state index in [1.165, 1.54) is 0 Å². The predicted molar refractivity (Wildman–Crippen MR) is 103 cm³/mol. The van der Waals surface area contributed by atoms with Gasteiger partial charge in [-0.2, -0.15) is 0 Å². The minimum Gasteiger partial charge on any atom is -0.492 e. The molecule has 6 nitrogen and oxygen atoms in total. The van der Waals surface area contributed by atoms with Gasteiger partial charge in [-0.05, 0) is 50.2 Å². The van der Waals surface area contributed by atoms with E-state index >= 15 is 0 Å². The van der Waals surface area contributed by atoms with Gasteiger partial charge in [-0.3, -0.25) is 4.79 Å². The Morgan fingerprint density at radius 1 is 1.04 bits per heavy atom. The van der Waals surface area contributed by atoms with Crippen LogP contribution >= 0.6 is 0 Å². The average Bonchev–Trinajstić information content (AvgIpc) is 2.62. The van der Waals surface area contributed by atoms with Crippen molar-refractivity contribution in [3.63, 3.8) is 0 Å². The number of nitrogens with zero attached hydrogens (tertiary/aromatic N) is 1. The molecule has 0 heterocycles. The zero-order chi connectivity index (χ0) is 18.9. The van der Waals surface area contributed by atoms with Crippen LogP contribution in [0.4, 0.5) is 10.5 Å². The van der Waals surface area contributed by atoms with Crippen LogP contribution in [0.1, 0.15) is 24.2 Å². The number of ether oxygens (including phenoxy) is 1. The first-order valence-corrected chi connectivity index (χ1v) is 8.56. The topological polar surface area (TPSA) is 70.7 Å². The van der Waals surface area contributed by atoms with Gasteiger partial charge in [0.15, 0.2) is 0 Å². The third kappa shape index (κ3) is 6.12. The molecule has 0 aliphatic heterocycles. The van der Waals surface area contributed by atoms with Gasteiger partial charge in [0.25, 0.3) is 5.91 Å². The maximum atomic E-state index is 12.4. The standard InChI is InChI=1S/C20H25N3O3/c1-15(2)21-20(25)22-17-11-9-16(10-12-17)19(24)23(3)13-14-26-18-7-5-4-6-8-18/h4-12,15H,13-14H2,1-3H3,(H2,21,22,25). The number of rotatable bonds is 7. The number of likely N-dealkylation sites (N-methyl/N-ethyl adjacent to an activating group) is 1. The van der Waals surface area contributed by atoms with Gasteiger partial charge in [0.1, 0.15) is 12.4 Å². The van der Waals surface area contributed by atoms with Crippen molar-refractivity contribution in [2.45, 2.75) is 19.9 Å². The summed E-state index contributed by atoms with van der Waals surface area (Å²) in [4.78, 5) is 25.7. The molecule has 6 heteroatoms. The Labute approximate surface area is 154 Å². The normalized spacial score (nSPS) is 10.3. The second-order valence-electron chi connectivity index (χ2n) is 6.22. The number of hydrogen-bond donors (Lipinski definition) is 2. The highest BCUT2D eigenvalue weighted by atomic mass is 16.5. The largest absolute Gasteiger partial charge is 0.492 e. The van der Waals surface area contributed by atoms with Crippen LogP contribution in [0.15, 0.2) is 54.6 Å². The second kappa shape index (κ2) is 9.46. The number of carbonyl (C=O) groups excluding carboxylic acids is 2. The van der Waals surface area contributed by atoms with Crippen LogP contribution in [0.2, 0.25) is 0 Å². The molecule has 0 aliphatic rings. The summed E-state index contributed by atoms with van der Waals surface area (Å²) in [7, 11) is 1.74. The van der Waals surface area contributed by atoms with Crippen molar-refractivity contribution in [2.75, 3.05) is 25.5 Å². The van der Waals surface area contributed by atoms with Crippen LogP contribution in [0.25, 0.3) is 0 Å². The van der Waals surface area contributed by atoms with Crippen LogP contribution in [0.3, 0.4) is 0 Å². The minimum atomic E-state index is -0.269. The fourth-order valence-electron chi connectivity index (χ4n) is 2.26. The number of hydrogen-bond acceptors (Lipinski definition) is 3. The lowest BCUT2D eigenvalue weighted by Gasteiger charge is -2.18. The maximum absolute atomic E-state index is 12.4. The summed E-state index contributed by atoms with van der Waals surface area (Å²) in [6, 6.07) is 16.1. The second-order valence-corrected chi connectivity index (χ2v) is 6.22. The number of nitrogens with one attached hydrogen (secondary N) is 2. The number of carbonyl (C=O) groups is 2. The van der Waals surface area contributed by atoms with Crippen molar-refractivity contribution < 1.29 is 14.3 Å². The molecular weight excluding hydrogens is 330 g/mol. The molecule has 0 aromatic heterocycles. The first kappa shape index (κ1) is 19.3. The van der Waals surface area contributed by atoms with Gasteiger partial charge in [0, 0.05) is 24.3 Å². The van der Waals surface area contributed by atoms with E-state index < -0.39 is 0 Å². The van der Waals surface area contributed by atoms with Crippen molar-refractivity contribution in [2.24, 2.45) is 0 Å². The van der Waals surface area contributed by atoms with Gasteiger partial charge in [0.05, 0.1) is 6.54 Å². The van der Waals surface area contributed by atoms with E-state index in [-0.39, 0.29) is 18.0 Å². The van der Waals surface area contributed by atoms with Crippen LogP contribution in [0, 0.1) is 0 Å². The zero-order valence-electron chi connectivity index (χ0n) is 15.4. The molecule has 0 bridgehead atoms. The molecule has 2 rings (SSSR count). The number of anilines is 1. The van der Waals surface area contributed by atoms with Crippen molar-refractivity contribution in [1.29, 1.82) is 0 Å². The van der Waals surface area contributed by atoms with Crippen LogP contribution in [-0.2, 0) is 0 Å². The Hall–Kier alpha value is -3.02. The Morgan fingerprint density at radius 2 is 1.69 bits per heavy atom. The monoisotopic (exact) mass is 355 g/mol. The Morgan fingerprint density at radius 3 is 2.31 bits per heavy atom. The van der Waals surface area contributed by atoms with Gasteiger partial charge in [0.2, 0.25) is 0 Å². The van der Waals surface area contributed by atoms with Gasteiger partial charge >= 0.3 is 6.03 Å². The SMILES string of the molecule is CC(C)NC(=O)Nc1ccc(C(=O)N(C)CCOc2ccccc2)cc1. The van der Waals surface area contributed by atoms with Crippen LogP contribution in [0.5, 0.6) is 5.75 Å². The van der Waals surface area contributed by atoms with E-state index in [0.717, 1.165) is 5.75 Å². The average molecular weight is 355 g/mol. The number of benzene rings is 2. The van der Waals surface area contributed by atoms with E-state index in [2.05, 4.69) is 10.6 Å². The quantitative estimate of drug-likeness (QED) is 0.800. The molecule has 0 radical (unpaired) electrons. The molecular formula is C20H25N3O3. The fourth-order valence-corrected chi connectivity index (χ4v) is 2.26. The molecule has 0 atom stereocenters. The van der Waals surface area contributed by atoms with Gasteiger partial charge < -0.3 is 20.3 Å². The Kier molecular flexibility index (Phi) is 7.02. The molecule has 2 aromatic rings. The van der Waals surface area contributed by atoms with Gasteiger partial charge in [-0.25, -0.2) is 4.79 Å². The molecule has 0 fully saturated rings.